The van der Waals surface area contributed by atoms with E-state index in [1.54, 1.807) is 4.90 Å². The summed E-state index contributed by atoms with van der Waals surface area (Å²) in [5, 5.41) is 9.11. The van der Waals surface area contributed by atoms with E-state index < -0.39 is 11.4 Å². The van der Waals surface area contributed by atoms with Crippen LogP contribution in [-0.4, -0.2) is 60.5 Å². The lowest BCUT2D eigenvalue weighted by atomic mass is 10.1. The van der Waals surface area contributed by atoms with E-state index in [0.29, 0.717) is 25.9 Å². The van der Waals surface area contributed by atoms with Crippen molar-refractivity contribution >= 4 is 11.9 Å². The molecule has 1 aliphatic rings. The predicted octanol–water partition coefficient (Wildman–Crippen LogP) is 0.651. The summed E-state index contributed by atoms with van der Waals surface area (Å²) in [5.74, 6) is -1.16. The maximum atomic E-state index is 12.2. The molecule has 0 unspecified atom stereocenters. The molecule has 17 heavy (non-hydrogen) atoms. The first-order valence-electron chi connectivity index (χ1n) is 6.11. The van der Waals surface area contributed by atoms with E-state index in [1.165, 1.54) is 0 Å². The van der Waals surface area contributed by atoms with Crippen LogP contribution in [0.1, 0.15) is 26.2 Å². The second kappa shape index (κ2) is 5.49. The van der Waals surface area contributed by atoms with Crippen LogP contribution in [0.3, 0.4) is 0 Å². The highest BCUT2D eigenvalue weighted by molar-refractivity contribution is 6.04. The summed E-state index contributed by atoms with van der Waals surface area (Å²) < 4.78 is 0. The van der Waals surface area contributed by atoms with Gasteiger partial charge in [0.25, 0.3) is 0 Å². The summed E-state index contributed by atoms with van der Waals surface area (Å²) in [7, 11) is 3.89. The van der Waals surface area contributed by atoms with Crippen LogP contribution in [0.4, 0.5) is 0 Å². The van der Waals surface area contributed by atoms with Gasteiger partial charge in [0.15, 0.2) is 0 Å². The normalized spacial score (nSPS) is 16.9. The molecule has 1 fully saturated rings. The van der Waals surface area contributed by atoms with Gasteiger partial charge in [-0.05, 0) is 33.4 Å². The van der Waals surface area contributed by atoms with Gasteiger partial charge in [-0.25, -0.2) is 0 Å². The van der Waals surface area contributed by atoms with Gasteiger partial charge in [0.2, 0.25) is 5.91 Å². The Morgan fingerprint density at radius 2 is 1.76 bits per heavy atom. The molecule has 98 valence electrons. The van der Waals surface area contributed by atoms with Crippen LogP contribution in [0.2, 0.25) is 0 Å². The van der Waals surface area contributed by atoms with Crippen molar-refractivity contribution in [3.8, 4) is 0 Å². The van der Waals surface area contributed by atoms with E-state index in [9.17, 15) is 9.59 Å². The van der Waals surface area contributed by atoms with Gasteiger partial charge in [0.05, 0.1) is 0 Å². The van der Waals surface area contributed by atoms with Crippen molar-refractivity contribution in [3.05, 3.63) is 0 Å². The molecule has 0 bridgehead atoms. The smallest absolute Gasteiger partial charge is 0.319 e. The minimum Gasteiger partial charge on any atom is -0.480 e. The zero-order chi connectivity index (χ0) is 13.1. The van der Waals surface area contributed by atoms with Crippen molar-refractivity contribution in [2.24, 2.45) is 5.41 Å². The summed E-state index contributed by atoms with van der Waals surface area (Å²) in [6, 6.07) is 0. The van der Waals surface area contributed by atoms with E-state index in [4.69, 9.17) is 5.11 Å². The van der Waals surface area contributed by atoms with Crippen molar-refractivity contribution in [2.45, 2.75) is 26.2 Å². The number of carbonyl (C=O) groups is 2. The second-order valence-electron chi connectivity index (χ2n) is 4.98. The second-order valence-corrected chi connectivity index (χ2v) is 4.98. The third-order valence-electron chi connectivity index (χ3n) is 3.17. The van der Waals surface area contributed by atoms with Gasteiger partial charge in [-0.1, -0.05) is 6.92 Å². The Hall–Kier alpha value is -1.10. The monoisotopic (exact) mass is 242 g/mol. The van der Waals surface area contributed by atoms with Gasteiger partial charge in [-0.2, -0.15) is 0 Å². The zero-order valence-corrected chi connectivity index (χ0v) is 10.9. The van der Waals surface area contributed by atoms with E-state index in [0.717, 1.165) is 13.0 Å². The van der Waals surface area contributed by atoms with Gasteiger partial charge in [0.1, 0.15) is 5.41 Å². The van der Waals surface area contributed by atoms with Crippen molar-refractivity contribution in [1.82, 2.24) is 9.80 Å². The minimum atomic E-state index is -1.10. The van der Waals surface area contributed by atoms with Crippen LogP contribution >= 0.6 is 0 Å². The zero-order valence-electron chi connectivity index (χ0n) is 10.9. The maximum absolute atomic E-state index is 12.2. The number of rotatable bonds is 7. The quantitative estimate of drug-likeness (QED) is 0.666. The Labute approximate surface area is 102 Å². The molecule has 0 aromatic rings. The summed E-state index contributed by atoms with van der Waals surface area (Å²) >= 11 is 0. The first-order valence-corrected chi connectivity index (χ1v) is 6.11. The SMILES string of the molecule is CCCN(CCN(C)C)C(=O)C1(C(=O)O)CC1. The number of hydrogen-bond donors (Lipinski definition) is 1. The number of carbonyl (C=O) groups excluding carboxylic acids is 1. The third kappa shape index (κ3) is 3.19. The van der Waals surface area contributed by atoms with Crippen LogP contribution in [0.25, 0.3) is 0 Å². The summed E-state index contributed by atoms with van der Waals surface area (Å²) in [5.41, 5.74) is -1.10. The van der Waals surface area contributed by atoms with Crippen molar-refractivity contribution in [2.75, 3.05) is 33.7 Å². The third-order valence-corrected chi connectivity index (χ3v) is 3.17. The number of aliphatic carboxylic acids is 1. The average molecular weight is 242 g/mol. The lowest BCUT2D eigenvalue weighted by molar-refractivity contribution is -0.153. The molecular formula is C12H22N2O3. The fraction of sp³-hybridized carbons (Fsp3) is 0.833. The number of carboxylic acids is 1. The molecule has 1 rings (SSSR count). The van der Waals surface area contributed by atoms with E-state index in [2.05, 4.69) is 0 Å². The molecule has 0 aliphatic heterocycles. The Balaban J connectivity index is 2.64. The van der Waals surface area contributed by atoms with Gasteiger partial charge in [0, 0.05) is 19.6 Å². The lowest BCUT2D eigenvalue weighted by Gasteiger charge is -2.26. The molecule has 5 nitrogen and oxygen atoms in total. The summed E-state index contributed by atoms with van der Waals surface area (Å²) in [6.45, 7) is 4.01. The van der Waals surface area contributed by atoms with E-state index in [1.807, 2.05) is 25.9 Å². The van der Waals surface area contributed by atoms with Crippen LogP contribution in [0.15, 0.2) is 0 Å². The molecular weight excluding hydrogens is 220 g/mol. The average Bonchev–Trinajstić information content (AvgIpc) is 3.04. The van der Waals surface area contributed by atoms with Crippen LogP contribution in [-0.2, 0) is 9.59 Å². The highest BCUT2D eigenvalue weighted by Crippen LogP contribution is 2.47. The summed E-state index contributed by atoms with van der Waals surface area (Å²) in [4.78, 5) is 27.0. The molecule has 5 heteroatoms. The molecule has 1 saturated carbocycles. The molecule has 0 aromatic heterocycles. The largest absolute Gasteiger partial charge is 0.480 e. The Morgan fingerprint density at radius 3 is 2.12 bits per heavy atom. The van der Waals surface area contributed by atoms with Crippen LogP contribution in [0, 0.1) is 5.41 Å². The van der Waals surface area contributed by atoms with Gasteiger partial charge < -0.3 is 14.9 Å². The molecule has 1 N–H and O–H groups in total. The van der Waals surface area contributed by atoms with Crippen LogP contribution < -0.4 is 0 Å². The Morgan fingerprint density at radius 1 is 1.18 bits per heavy atom. The molecule has 0 saturated heterocycles. The molecule has 0 radical (unpaired) electrons. The van der Waals surface area contributed by atoms with Crippen LogP contribution in [0.5, 0.6) is 0 Å². The van der Waals surface area contributed by atoms with Gasteiger partial charge in [-0.3, -0.25) is 9.59 Å². The highest BCUT2D eigenvalue weighted by Gasteiger charge is 2.58. The Kier molecular flexibility index (Phi) is 4.51. The fourth-order valence-corrected chi connectivity index (χ4v) is 1.85. The molecule has 0 atom stereocenters. The van der Waals surface area contributed by atoms with E-state index in [-0.39, 0.29) is 5.91 Å². The van der Waals surface area contributed by atoms with Gasteiger partial charge in [-0.15, -0.1) is 0 Å². The van der Waals surface area contributed by atoms with Crippen molar-refractivity contribution < 1.29 is 14.7 Å². The molecule has 1 amide bonds. The Bertz CT molecular complexity index is 298. The number of hydrogen-bond acceptors (Lipinski definition) is 3. The molecule has 0 heterocycles. The molecule has 0 aromatic carbocycles. The van der Waals surface area contributed by atoms with Crippen molar-refractivity contribution in [1.29, 1.82) is 0 Å². The number of carboxylic acid groups (broad SMARTS) is 1. The number of likely N-dealkylation sites (N-methyl/N-ethyl adjacent to an activating group) is 1. The summed E-state index contributed by atoms with van der Waals surface area (Å²) in [6.07, 6.45) is 1.83. The van der Waals surface area contributed by atoms with Gasteiger partial charge >= 0.3 is 5.97 Å². The number of amides is 1. The predicted molar refractivity (Wildman–Crippen MR) is 64.7 cm³/mol. The maximum Gasteiger partial charge on any atom is 0.319 e. The van der Waals surface area contributed by atoms with Crippen molar-refractivity contribution in [3.63, 3.8) is 0 Å². The molecule has 1 aliphatic carbocycles. The standard InChI is InChI=1S/C12H22N2O3/c1-4-7-14(9-8-13(2)3)10(15)12(5-6-12)11(16)17/h4-9H2,1-3H3,(H,16,17). The molecule has 0 spiro atoms. The number of nitrogens with zero attached hydrogens (tertiary/aromatic N) is 2. The highest BCUT2D eigenvalue weighted by atomic mass is 16.4. The first-order chi connectivity index (χ1) is 7.94. The lowest BCUT2D eigenvalue weighted by Crippen LogP contribution is -2.44. The fourth-order valence-electron chi connectivity index (χ4n) is 1.85. The first kappa shape index (κ1) is 14.0. The van der Waals surface area contributed by atoms with E-state index >= 15 is 0 Å². The minimum absolute atomic E-state index is 0.200. The topological polar surface area (TPSA) is 60.9 Å².